The molecule has 31 heavy (non-hydrogen) atoms. The van der Waals surface area contributed by atoms with Gasteiger partial charge in [-0.15, -0.1) is 0 Å². The van der Waals surface area contributed by atoms with Crippen LogP contribution in [0.3, 0.4) is 0 Å². The van der Waals surface area contributed by atoms with Crippen LogP contribution < -0.4 is 26.4 Å². The van der Waals surface area contributed by atoms with Crippen molar-refractivity contribution in [1.82, 2.24) is 14.9 Å². The van der Waals surface area contributed by atoms with Crippen LogP contribution >= 0.6 is 7.82 Å². The van der Waals surface area contributed by atoms with Crippen LogP contribution in [0.5, 0.6) is 0 Å². The van der Waals surface area contributed by atoms with Crippen molar-refractivity contribution in [3.63, 3.8) is 0 Å². The molecular weight excluding hydrogens is 433 g/mol. The van der Waals surface area contributed by atoms with Gasteiger partial charge in [0.05, 0.1) is 27.1 Å². The van der Waals surface area contributed by atoms with Gasteiger partial charge in [-0.3, -0.25) is 19.1 Å². The fourth-order valence-electron chi connectivity index (χ4n) is 2.90. The quantitative estimate of drug-likeness (QED) is 0.216. The van der Waals surface area contributed by atoms with Gasteiger partial charge in [-0.05, 0) is 6.42 Å². The third-order valence-corrected chi connectivity index (χ3v) is 4.95. The van der Waals surface area contributed by atoms with E-state index < -0.39 is 44.1 Å². The maximum atomic E-state index is 12.1. The van der Waals surface area contributed by atoms with Crippen molar-refractivity contribution in [2.45, 2.75) is 57.5 Å². The molecule has 0 aromatic carbocycles. The zero-order chi connectivity index (χ0) is 23.0. The number of phosphoric acid groups is 1. The minimum absolute atomic E-state index is 0.0199. The Hall–Kier alpha value is -2.26. The normalized spacial score (nSPS) is 20.8. The van der Waals surface area contributed by atoms with E-state index in [4.69, 9.17) is 4.74 Å². The summed E-state index contributed by atoms with van der Waals surface area (Å²) in [5, 5.41) is 12.6. The van der Waals surface area contributed by atoms with E-state index in [1.165, 1.54) is 0 Å². The Morgan fingerprint density at radius 2 is 2.19 bits per heavy atom. The Morgan fingerprint density at radius 1 is 1.45 bits per heavy atom. The second-order valence-electron chi connectivity index (χ2n) is 6.92. The summed E-state index contributed by atoms with van der Waals surface area (Å²) >= 11 is 0. The lowest BCUT2D eigenvalue weighted by Gasteiger charge is -2.30. The first-order valence-electron chi connectivity index (χ1n) is 9.72. The zero-order valence-corrected chi connectivity index (χ0v) is 17.8. The number of aliphatic hydroxyl groups excluding tert-OH is 1. The molecule has 1 saturated heterocycles. The molecule has 0 aliphatic carbocycles. The van der Waals surface area contributed by atoms with Crippen LogP contribution in [-0.4, -0.2) is 45.9 Å². The van der Waals surface area contributed by atoms with E-state index in [9.17, 15) is 33.8 Å². The molecule has 0 radical (unpaired) electrons. The number of hydrogen-bond acceptors (Lipinski definition) is 9. The van der Waals surface area contributed by atoms with Crippen molar-refractivity contribution < 1.29 is 33.5 Å². The molecule has 1 fully saturated rings. The number of unbranched alkanes of at least 4 members (excludes halogenated alkanes) is 2. The predicted octanol–water partition coefficient (Wildman–Crippen LogP) is -1.92. The SMILES string of the molecule is CCCCCC(=O)NCC#Cc1cn([C@H]2C[C@H](O)[C@@H](COP(=O)([O-])[O-])O2)c(=O)[nH]c1=O. The maximum Gasteiger partial charge on any atom is 0.330 e. The zero-order valence-electron chi connectivity index (χ0n) is 16.9. The number of nitrogens with zero attached hydrogens (tertiary/aromatic N) is 1. The standard InChI is InChI=1S/C18H26N3O9P/c1-2-3-4-7-15(23)19-8-5-6-12-10-21(18(25)20-17(12)24)16-9-13(22)14(30-16)11-29-31(26,27)28/h10,13-14,16,22H,2-4,7-9,11H2,1H3,(H,19,23)(H,20,24,25)(H2,26,27,28)/p-2/t13-,14+,16+/m0/s1. The number of phosphoric ester groups is 1. The van der Waals surface area contributed by atoms with E-state index in [0.717, 1.165) is 30.0 Å². The lowest BCUT2D eigenvalue weighted by molar-refractivity contribution is -0.343. The van der Waals surface area contributed by atoms with E-state index >= 15 is 0 Å². The van der Waals surface area contributed by atoms with E-state index in [0.29, 0.717) is 6.42 Å². The highest BCUT2D eigenvalue weighted by Crippen LogP contribution is 2.31. The average molecular weight is 457 g/mol. The Balaban J connectivity index is 2.04. The van der Waals surface area contributed by atoms with E-state index in [1.54, 1.807) is 0 Å². The molecule has 1 aliphatic rings. The lowest BCUT2D eigenvalue weighted by Crippen LogP contribution is -2.34. The summed E-state index contributed by atoms with van der Waals surface area (Å²) in [5.74, 6) is 5.04. The van der Waals surface area contributed by atoms with Gasteiger partial charge < -0.3 is 34.0 Å². The van der Waals surface area contributed by atoms with Crippen molar-refractivity contribution in [2.75, 3.05) is 13.2 Å². The van der Waals surface area contributed by atoms with E-state index in [1.807, 2.05) is 6.92 Å². The van der Waals surface area contributed by atoms with E-state index in [-0.39, 0.29) is 24.4 Å². The predicted molar refractivity (Wildman–Crippen MR) is 103 cm³/mol. The van der Waals surface area contributed by atoms with Gasteiger partial charge in [0, 0.05) is 19.0 Å². The minimum Gasteiger partial charge on any atom is -0.790 e. The van der Waals surface area contributed by atoms with Gasteiger partial charge >= 0.3 is 5.69 Å². The lowest BCUT2D eigenvalue weighted by atomic mass is 10.2. The molecule has 1 aromatic heterocycles. The van der Waals surface area contributed by atoms with Crippen LogP contribution in [0.15, 0.2) is 15.8 Å². The van der Waals surface area contributed by atoms with Gasteiger partial charge in [-0.25, -0.2) is 4.79 Å². The first kappa shape index (κ1) is 25.0. The number of rotatable bonds is 9. The largest absolute Gasteiger partial charge is 0.790 e. The van der Waals surface area contributed by atoms with Gasteiger partial charge in [-0.1, -0.05) is 31.6 Å². The average Bonchev–Trinajstić information content (AvgIpc) is 3.05. The number of nitrogens with one attached hydrogen (secondary N) is 2. The molecule has 1 aliphatic heterocycles. The van der Waals surface area contributed by atoms with Crippen molar-refractivity contribution in [1.29, 1.82) is 0 Å². The molecule has 2 heterocycles. The smallest absolute Gasteiger partial charge is 0.330 e. The molecule has 13 heteroatoms. The molecule has 0 unspecified atom stereocenters. The topological polar surface area (TPSA) is 186 Å². The first-order valence-corrected chi connectivity index (χ1v) is 11.2. The Bertz CT molecular complexity index is 987. The fraction of sp³-hybridized carbons (Fsp3) is 0.611. The highest BCUT2D eigenvalue weighted by Gasteiger charge is 2.36. The van der Waals surface area contributed by atoms with Crippen LogP contribution in [-0.2, 0) is 18.6 Å². The maximum absolute atomic E-state index is 12.1. The third kappa shape index (κ3) is 8.06. The number of ether oxygens (including phenoxy) is 1. The van der Waals surface area contributed by atoms with Gasteiger partial charge in [0.15, 0.2) is 0 Å². The molecule has 3 atom stereocenters. The molecule has 1 aromatic rings. The van der Waals surface area contributed by atoms with Gasteiger partial charge in [0.25, 0.3) is 5.56 Å². The molecule has 0 saturated carbocycles. The van der Waals surface area contributed by atoms with Crippen LogP contribution in [0.4, 0.5) is 0 Å². The van der Waals surface area contributed by atoms with Gasteiger partial charge in [-0.2, -0.15) is 0 Å². The van der Waals surface area contributed by atoms with E-state index in [2.05, 4.69) is 26.7 Å². The monoisotopic (exact) mass is 457 g/mol. The summed E-state index contributed by atoms with van der Waals surface area (Å²) < 4.78 is 21.1. The number of hydrogen-bond donors (Lipinski definition) is 3. The second kappa shape index (κ2) is 11.4. The summed E-state index contributed by atoms with van der Waals surface area (Å²) in [5.41, 5.74) is -1.63. The number of carbonyl (C=O) groups is 1. The summed E-state index contributed by atoms with van der Waals surface area (Å²) in [7, 11) is -5.25. The highest BCUT2D eigenvalue weighted by atomic mass is 31.2. The van der Waals surface area contributed by atoms with Gasteiger partial charge in [0.1, 0.15) is 17.9 Å². The molecule has 0 spiro atoms. The van der Waals surface area contributed by atoms with Crippen molar-refractivity contribution in [2.24, 2.45) is 0 Å². The molecular formula is C18H24N3O9P-2. The number of H-pyrrole nitrogens is 1. The molecule has 0 bridgehead atoms. The Kier molecular flexibility index (Phi) is 9.18. The molecule has 172 valence electrons. The second-order valence-corrected chi connectivity index (χ2v) is 8.07. The minimum atomic E-state index is -5.25. The molecule has 12 nitrogen and oxygen atoms in total. The number of aromatic amines is 1. The number of aromatic nitrogens is 2. The molecule has 1 amide bonds. The first-order chi connectivity index (χ1) is 14.6. The summed E-state index contributed by atoms with van der Waals surface area (Å²) in [4.78, 5) is 59.0. The van der Waals surface area contributed by atoms with Crippen molar-refractivity contribution in [3.05, 3.63) is 32.6 Å². The summed E-state index contributed by atoms with van der Waals surface area (Å²) in [6, 6.07) is 0. The number of carbonyl (C=O) groups excluding carboxylic acids is 1. The van der Waals surface area contributed by atoms with Crippen LogP contribution in [0.1, 0.15) is 50.8 Å². The van der Waals surface area contributed by atoms with Crippen molar-refractivity contribution in [3.8, 4) is 11.8 Å². The number of amides is 1. The fourth-order valence-corrected chi connectivity index (χ4v) is 3.22. The Labute approximate surface area is 177 Å². The molecule has 2 rings (SSSR count). The van der Waals surface area contributed by atoms with Gasteiger partial charge in [0.2, 0.25) is 5.91 Å². The van der Waals surface area contributed by atoms with Crippen molar-refractivity contribution >= 4 is 13.7 Å². The summed E-state index contributed by atoms with van der Waals surface area (Å²) in [6.07, 6.45) is 0.761. The highest BCUT2D eigenvalue weighted by molar-refractivity contribution is 7.43. The van der Waals surface area contributed by atoms with Crippen LogP contribution in [0.25, 0.3) is 0 Å². The molecule has 3 N–H and O–H groups in total. The number of aliphatic hydroxyl groups is 1. The summed E-state index contributed by atoms with van der Waals surface area (Å²) in [6.45, 7) is 1.35. The van der Waals surface area contributed by atoms with Crippen LogP contribution in [0, 0.1) is 11.8 Å². The third-order valence-electron chi connectivity index (χ3n) is 4.48. The van der Waals surface area contributed by atoms with Crippen LogP contribution in [0.2, 0.25) is 0 Å². The Morgan fingerprint density at radius 3 is 2.87 bits per heavy atom.